The molecule has 0 aliphatic carbocycles. The second-order valence-electron chi connectivity index (χ2n) is 11.1. The summed E-state index contributed by atoms with van der Waals surface area (Å²) in [5.41, 5.74) is 0. The normalized spacial score (nSPS) is 11.6. The first-order valence-corrected chi connectivity index (χ1v) is 16.2. The molecule has 0 aromatic heterocycles. The van der Waals surface area contributed by atoms with E-state index in [-0.39, 0.29) is 0 Å². The first-order chi connectivity index (χ1) is 17.3. The van der Waals surface area contributed by atoms with Crippen molar-refractivity contribution in [2.24, 2.45) is 0 Å². The number of unbranched alkanes of at least 4 members (excludes halogenated alkanes) is 28. The Morgan fingerprint density at radius 3 is 0.886 bits per heavy atom. The molecule has 2 nitrogen and oxygen atoms in total. The SMILES string of the molecule is CCCCCCCCCCCCCCCCCCCCCCCCCCCCCCC=CC(=O)O. The van der Waals surface area contributed by atoms with Gasteiger partial charge in [0, 0.05) is 6.08 Å². The zero-order chi connectivity index (χ0) is 25.5. The summed E-state index contributed by atoms with van der Waals surface area (Å²) in [6.07, 6.45) is 43.8. The molecule has 0 aromatic rings. The van der Waals surface area contributed by atoms with Gasteiger partial charge < -0.3 is 5.11 Å². The summed E-state index contributed by atoms with van der Waals surface area (Å²) in [5, 5.41) is 8.53. The lowest BCUT2D eigenvalue weighted by molar-refractivity contribution is -0.131. The Labute approximate surface area is 221 Å². The predicted octanol–water partition coefficient (Wildman–Crippen LogP) is 12.0. The maximum Gasteiger partial charge on any atom is 0.327 e. The molecule has 0 aliphatic heterocycles. The first kappa shape index (κ1) is 34.2. The van der Waals surface area contributed by atoms with Crippen molar-refractivity contribution in [2.75, 3.05) is 0 Å². The zero-order valence-corrected chi connectivity index (χ0v) is 24.0. The van der Waals surface area contributed by atoms with Gasteiger partial charge in [-0.3, -0.25) is 0 Å². The van der Waals surface area contributed by atoms with Gasteiger partial charge in [0.15, 0.2) is 0 Å². The fourth-order valence-electron chi connectivity index (χ4n) is 5.12. The monoisotopic (exact) mass is 492 g/mol. The molecule has 0 unspecified atom stereocenters. The molecule has 0 radical (unpaired) electrons. The number of hydrogen-bond donors (Lipinski definition) is 1. The van der Waals surface area contributed by atoms with Crippen LogP contribution in [0.25, 0.3) is 0 Å². The average Bonchev–Trinajstić information content (AvgIpc) is 2.85. The first-order valence-electron chi connectivity index (χ1n) is 16.2. The summed E-state index contributed by atoms with van der Waals surface area (Å²) in [4.78, 5) is 10.4. The van der Waals surface area contributed by atoms with Crippen molar-refractivity contribution < 1.29 is 9.90 Å². The maximum absolute atomic E-state index is 10.4. The van der Waals surface area contributed by atoms with Gasteiger partial charge in [0.2, 0.25) is 0 Å². The molecule has 0 aromatic carbocycles. The van der Waals surface area contributed by atoms with E-state index in [4.69, 9.17) is 5.11 Å². The Morgan fingerprint density at radius 2 is 0.657 bits per heavy atom. The Hall–Kier alpha value is -0.790. The summed E-state index contributed by atoms with van der Waals surface area (Å²) in [6, 6.07) is 0. The Balaban J connectivity index is 3.04. The minimum Gasteiger partial charge on any atom is -0.478 e. The van der Waals surface area contributed by atoms with Crippen LogP contribution >= 0.6 is 0 Å². The number of carboxylic acids is 1. The predicted molar refractivity (Wildman–Crippen MR) is 156 cm³/mol. The number of carboxylic acid groups (broad SMARTS) is 1. The van der Waals surface area contributed by atoms with Crippen LogP contribution in [0.2, 0.25) is 0 Å². The Kier molecular flexibility index (Phi) is 30.5. The molecule has 0 fully saturated rings. The molecule has 1 N–H and O–H groups in total. The van der Waals surface area contributed by atoms with Crippen LogP contribution in [-0.4, -0.2) is 11.1 Å². The van der Waals surface area contributed by atoms with Crippen LogP contribution in [0.15, 0.2) is 12.2 Å². The van der Waals surface area contributed by atoms with Crippen molar-refractivity contribution in [1.82, 2.24) is 0 Å². The number of aliphatic carboxylic acids is 1. The third kappa shape index (κ3) is 33.2. The Morgan fingerprint density at radius 1 is 0.429 bits per heavy atom. The smallest absolute Gasteiger partial charge is 0.327 e. The number of rotatable bonds is 30. The van der Waals surface area contributed by atoms with Crippen LogP contribution in [0.4, 0.5) is 0 Å². The van der Waals surface area contributed by atoms with Crippen LogP contribution in [0.3, 0.4) is 0 Å². The molecule has 35 heavy (non-hydrogen) atoms. The molecule has 0 saturated heterocycles. The molecule has 208 valence electrons. The minimum atomic E-state index is -0.829. The fourth-order valence-corrected chi connectivity index (χ4v) is 5.12. The van der Waals surface area contributed by atoms with Crippen LogP contribution < -0.4 is 0 Å². The van der Waals surface area contributed by atoms with Crippen molar-refractivity contribution in [2.45, 2.75) is 193 Å². The molecule has 0 spiro atoms. The number of hydrogen-bond acceptors (Lipinski definition) is 1. The quantitative estimate of drug-likeness (QED) is 0.0799. The van der Waals surface area contributed by atoms with E-state index in [2.05, 4.69) is 6.92 Å². The van der Waals surface area contributed by atoms with E-state index in [0.29, 0.717) is 0 Å². The van der Waals surface area contributed by atoms with Crippen LogP contribution in [0, 0.1) is 0 Å². The molecule has 0 atom stereocenters. The summed E-state index contributed by atoms with van der Waals surface area (Å²) in [7, 11) is 0. The highest BCUT2D eigenvalue weighted by atomic mass is 16.4. The van der Waals surface area contributed by atoms with E-state index in [1.54, 1.807) is 6.08 Å². The largest absolute Gasteiger partial charge is 0.478 e. The van der Waals surface area contributed by atoms with Gasteiger partial charge in [-0.05, 0) is 12.8 Å². The fraction of sp³-hybridized carbons (Fsp3) is 0.909. The second-order valence-corrected chi connectivity index (χ2v) is 11.1. The molecular weight excluding hydrogens is 428 g/mol. The lowest BCUT2D eigenvalue weighted by Gasteiger charge is -2.04. The van der Waals surface area contributed by atoms with E-state index in [1.165, 1.54) is 179 Å². The summed E-state index contributed by atoms with van der Waals surface area (Å²) in [6.45, 7) is 2.30. The van der Waals surface area contributed by atoms with Gasteiger partial charge in [0.25, 0.3) is 0 Å². The van der Waals surface area contributed by atoms with Crippen LogP contribution in [0.1, 0.15) is 193 Å². The second kappa shape index (κ2) is 31.2. The van der Waals surface area contributed by atoms with E-state index >= 15 is 0 Å². The zero-order valence-electron chi connectivity index (χ0n) is 24.0. The molecule has 0 amide bonds. The lowest BCUT2D eigenvalue weighted by Crippen LogP contribution is -1.86. The van der Waals surface area contributed by atoms with Crippen molar-refractivity contribution >= 4 is 5.97 Å². The van der Waals surface area contributed by atoms with Crippen LogP contribution in [-0.2, 0) is 4.79 Å². The summed E-state index contributed by atoms with van der Waals surface area (Å²) >= 11 is 0. The Bertz CT molecular complexity index is 429. The molecule has 0 heterocycles. The van der Waals surface area contributed by atoms with Crippen molar-refractivity contribution in [3.8, 4) is 0 Å². The maximum atomic E-state index is 10.4. The molecule has 0 saturated carbocycles. The molecule has 0 bridgehead atoms. The molecular formula is C33H64O2. The highest BCUT2D eigenvalue weighted by molar-refractivity contribution is 5.79. The van der Waals surface area contributed by atoms with Gasteiger partial charge in [-0.15, -0.1) is 0 Å². The minimum absolute atomic E-state index is 0.829. The van der Waals surface area contributed by atoms with Crippen molar-refractivity contribution in [1.29, 1.82) is 0 Å². The van der Waals surface area contributed by atoms with E-state index in [1.807, 2.05) is 0 Å². The third-order valence-corrected chi connectivity index (χ3v) is 7.48. The van der Waals surface area contributed by atoms with E-state index in [9.17, 15) is 4.79 Å². The van der Waals surface area contributed by atoms with Gasteiger partial charge in [-0.1, -0.05) is 186 Å². The molecule has 0 rings (SSSR count). The third-order valence-electron chi connectivity index (χ3n) is 7.48. The topological polar surface area (TPSA) is 37.3 Å². The summed E-state index contributed by atoms with van der Waals surface area (Å²) in [5.74, 6) is -0.829. The van der Waals surface area contributed by atoms with E-state index in [0.717, 1.165) is 12.8 Å². The highest BCUT2D eigenvalue weighted by Crippen LogP contribution is 2.16. The average molecular weight is 493 g/mol. The van der Waals surface area contributed by atoms with E-state index < -0.39 is 5.97 Å². The summed E-state index contributed by atoms with van der Waals surface area (Å²) < 4.78 is 0. The van der Waals surface area contributed by atoms with Crippen molar-refractivity contribution in [3.05, 3.63) is 12.2 Å². The number of allylic oxidation sites excluding steroid dienone is 1. The van der Waals surface area contributed by atoms with Gasteiger partial charge in [-0.2, -0.15) is 0 Å². The number of carbonyl (C=O) groups is 1. The van der Waals surface area contributed by atoms with Gasteiger partial charge in [0.1, 0.15) is 0 Å². The van der Waals surface area contributed by atoms with Gasteiger partial charge in [-0.25, -0.2) is 4.79 Å². The van der Waals surface area contributed by atoms with Crippen molar-refractivity contribution in [3.63, 3.8) is 0 Å². The van der Waals surface area contributed by atoms with Gasteiger partial charge >= 0.3 is 5.97 Å². The molecule has 0 aliphatic rings. The van der Waals surface area contributed by atoms with Gasteiger partial charge in [0.05, 0.1) is 0 Å². The standard InChI is InChI=1S/C33H64O2/c1-2-3-4-5-6-7-8-9-10-11-12-13-14-15-16-17-18-19-20-21-22-23-24-25-26-27-28-29-30-31-32-33(34)35/h31-32H,2-30H2,1H3,(H,34,35). The molecule has 2 heteroatoms. The van der Waals surface area contributed by atoms with Crippen LogP contribution in [0.5, 0.6) is 0 Å². The lowest BCUT2D eigenvalue weighted by atomic mass is 10.0. The highest BCUT2D eigenvalue weighted by Gasteiger charge is 1.96.